The number of rotatable bonds is 3. The minimum Gasteiger partial charge on any atom is -0.496 e. The van der Waals surface area contributed by atoms with E-state index in [0.29, 0.717) is 0 Å². The average Bonchev–Trinajstić information content (AvgIpc) is 2.46. The summed E-state index contributed by atoms with van der Waals surface area (Å²) in [7, 11) is 1.68. The molecule has 0 aromatic heterocycles. The molecule has 90 valence electrons. The topological polar surface area (TPSA) is 9.23 Å². The number of hydrogen-bond donors (Lipinski definition) is 0. The standard InChI is InChI=1S/C17H16O/c1-4-13-7-6-8-15(11-13)16-12-14(5-2)9-10-17(16)18-3/h2,6-12H,4H2,1,3H3. The zero-order valence-corrected chi connectivity index (χ0v) is 10.7. The van der Waals surface area contributed by atoms with Crippen molar-refractivity contribution in [1.82, 2.24) is 0 Å². The maximum atomic E-state index is 5.45. The Morgan fingerprint density at radius 2 is 2.00 bits per heavy atom. The molecule has 0 aliphatic rings. The van der Waals surface area contributed by atoms with Gasteiger partial charge in [0.2, 0.25) is 0 Å². The molecule has 2 rings (SSSR count). The van der Waals surface area contributed by atoms with E-state index in [-0.39, 0.29) is 0 Å². The van der Waals surface area contributed by atoms with E-state index in [1.807, 2.05) is 18.2 Å². The molecule has 0 fully saturated rings. The lowest BCUT2D eigenvalue weighted by Crippen LogP contribution is -1.90. The third-order valence-corrected chi connectivity index (χ3v) is 3.01. The van der Waals surface area contributed by atoms with Crippen molar-refractivity contribution in [2.24, 2.45) is 0 Å². The fourth-order valence-electron chi connectivity index (χ4n) is 1.98. The molecule has 0 aliphatic heterocycles. The van der Waals surface area contributed by atoms with Gasteiger partial charge in [0.05, 0.1) is 7.11 Å². The Hall–Kier alpha value is -2.20. The van der Waals surface area contributed by atoms with Crippen LogP contribution < -0.4 is 4.74 Å². The second kappa shape index (κ2) is 5.42. The first kappa shape index (κ1) is 12.3. The van der Waals surface area contributed by atoms with Gasteiger partial charge in [-0.15, -0.1) is 6.42 Å². The molecule has 0 radical (unpaired) electrons. The molecule has 0 spiro atoms. The summed E-state index contributed by atoms with van der Waals surface area (Å²) in [6.07, 6.45) is 6.47. The van der Waals surface area contributed by atoms with Crippen LogP contribution in [0.3, 0.4) is 0 Å². The van der Waals surface area contributed by atoms with E-state index in [2.05, 4.69) is 37.1 Å². The highest BCUT2D eigenvalue weighted by Gasteiger charge is 2.06. The normalized spacial score (nSPS) is 9.83. The van der Waals surface area contributed by atoms with Gasteiger partial charge in [-0.05, 0) is 35.7 Å². The summed E-state index contributed by atoms with van der Waals surface area (Å²) in [4.78, 5) is 0. The van der Waals surface area contributed by atoms with Gasteiger partial charge in [-0.1, -0.05) is 37.1 Å². The van der Waals surface area contributed by atoms with E-state index in [1.165, 1.54) is 5.56 Å². The van der Waals surface area contributed by atoms with Crippen LogP contribution in [-0.4, -0.2) is 7.11 Å². The summed E-state index contributed by atoms with van der Waals surface area (Å²) >= 11 is 0. The van der Waals surface area contributed by atoms with E-state index in [4.69, 9.17) is 11.2 Å². The number of aryl methyl sites for hydroxylation is 1. The third-order valence-electron chi connectivity index (χ3n) is 3.01. The van der Waals surface area contributed by atoms with Gasteiger partial charge in [0, 0.05) is 11.1 Å². The van der Waals surface area contributed by atoms with Gasteiger partial charge in [0.25, 0.3) is 0 Å². The van der Waals surface area contributed by atoms with Gasteiger partial charge in [-0.3, -0.25) is 0 Å². The largest absolute Gasteiger partial charge is 0.496 e. The fraction of sp³-hybridized carbons (Fsp3) is 0.176. The lowest BCUT2D eigenvalue weighted by molar-refractivity contribution is 0.416. The molecular formula is C17H16O. The molecule has 0 bridgehead atoms. The predicted molar refractivity (Wildman–Crippen MR) is 75.7 cm³/mol. The molecule has 0 N–H and O–H groups in total. The Labute approximate surface area is 108 Å². The number of hydrogen-bond acceptors (Lipinski definition) is 1. The summed E-state index contributed by atoms with van der Waals surface area (Å²) in [6.45, 7) is 2.15. The molecule has 0 saturated carbocycles. The molecule has 18 heavy (non-hydrogen) atoms. The molecule has 0 atom stereocenters. The van der Waals surface area contributed by atoms with Gasteiger partial charge in [0.1, 0.15) is 5.75 Å². The molecular weight excluding hydrogens is 220 g/mol. The Kier molecular flexibility index (Phi) is 3.69. The van der Waals surface area contributed by atoms with Crippen molar-refractivity contribution in [1.29, 1.82) is 0 Å². The summed E-state index contributed by atoms with van der Waals surface area (Å²) < 4.78 is 5.40. The van der Waals surface area contributed by atoms with E-state index in [9.17, 15) is 0 Å². The quantitative estimate of drug-likeness (QED) is 0.734. The third kappa shape index (κ3) is 2.38. The van der Waals surface area contributed by atoms with Crippen LogP contribution in [0, 0.1) is 12.3 Å². The fourth-order valence-corrected chi connectivity index (χ4v) is 1.98. The highest BCUT2D eigenvalue weighted by molar-refractivity contribution is 5.72. The smallest absolute Gasteiger partial charge is 0.126 e. The van der Waals surface area contributed by atoms with Gasteiger partial charge >= 0.3 is 0 Å². The van der Waals surface area contributed by atoms with E-state index >= 15 is 0 Å². The minimum atomic E-state index is 0.849. The Bertz CT molecular complexity index is 591. The average molecular weight is 236 g/mol. The maximum Gasteiger partial charge on any atom is 0.126 e. The monoisotopic (exact) mass is 236 g/mol. The number of methoxy groups -OCH3 is 1. The molecule has 2 aromatic rings. The SMILES string of the molecule is C#Cc1ccc(OC)c(-c2cccc(CC)c2)c1. The molecule has 1 heteroatoms. The van der Waals surface area contributed by atoms with Crippen LogP contribution in [-0.2, 0) is 6.42 Å². The molecule has 0 heterocycles. The van der Waals surface area contributed by atoms with Crippen LogP contribution in [0.5, 0.6) is 5.75 Å². The van der Waals surface area contributed by atoms with E-state index in [1.54, 1.807) is 7.11 Å². The van der Waals surface area contributed by atoms with Crippen LogP contribution in [0.2, 0.25) is 0 Å². The zero-order chi connectivity index (χ0) is 13.0. The summed E-state index contributed by atoms with van der Waals surface area (Å²) in [5.74, 6) is 3.51. The second-order valence-corrected chi connectivity index (χ2v) is 4.11. The highest BCUT2D eigenvalue weighted by Crippen LogP contribution is 2.31. The van der Waals surface area contributed by atoms with Crippen LogP contribution >= 0.6 is 0 Å². The Morgan fingerprint density at radius 1 is 1.17 bits per heavy atom. The molecule has 1 nitrogen and oxygen atoms in total. The van der Waals surface area contributed by atoms with Crippen molar-refractivity contribution < 1.29 is 4.74 Å². The van der Waals surface area contributed by atoms with Crippen molar-refractivity contribution in [2.75, 3.05) is 7.11 Å². The molecule has 0 amide bonds. The van der Waals surface area contributed by atoms with Crippen LogP contribution in [0.1, 0.15) is 18.1 Å². The second-order valence-electron chi connectivity index (χ2n) is 4.11. The van der Waals surface area contributed by atoms with Crippen molar-refractivity contribution in [2.45, 2.75) is 13.3 Å². The van der Waals surface area contributed by atoms with Crippen LogP contribution in [0.4, 0.5) is 0 Å². The van der Waals surface area contributed by atoms with Crippen molar-refractivity contribution in [3.63, 3.8) is 0 Å². The van der Waals surface area contributed by atoms with Gasteiger partial charge in [-0.2, -0.15) is 0 Å². The molecule has 2 aromatic carbocycles. The first-order valence-corrected chi connectivity index (χ1v) is 6.02. The van der Waals surface area contributed by atoms with Crippen molar-refractivity contribution in [3.05, 3.63) is 53.6 Å². The lowest BCUT2D eigenvalue weighted by atomic mass is 9.99. The van der Waals surface area contributed by atoms with Gasteiger partial charge in [-0.25, -0.2) is 0 Å². The molecule has 0 unspecified atom stereocenters. The van der Waals surface area contributed by atoms with Gasteiger partial charge < -0.3 is 4.74 Å². The first-order valence-electron chi connectivity index (χ1n) is 6.02. The van der Waals surface area contributed by atoms with Crippen LogP contribution in [0.15, 0.2) is 42.5 Å². The summed E-state index contributed by atoms with van der Waals surface area (Å²) in [5.41, 5.74) is 4.36. The predicted octanol–water partition coefficient (Wildman–Crippen LogP) is 3.91. The number of ether oxygens (including phenoxy) is 1. The van der Waals surface area contributed by atoms with E-state index in [0.717, 1.165) is 28.9 Å². The van der Waals surface area contributed by atoms with Gasteiger partial charge in [0.15, 0.2) is 0 Å². The minimum absolute atomic E-state index is 0.849. The first-order chi connectivity index (χ1) is 8.78. The highest BCUT2D eigenvalue weighted by atomic mass is 16.5. The number of terminal acetylenes is 1. The summed E-state index contributed by atoms with van der Waals surface area (Å²) in [5, 5.41) is 0. The summed E-state index contributed by atoms with van der Waals surface area (Å²) in [6, 6.07) is 14.3. The Morgan fingerprint density at radius 3 is 2.67 bits per heavy atom. The zero-order valence-electron chi connectivity index (χ0n) is 10.7. The van der Waals surface area contributed by atoms with Crippen molar-refractivity contribution in [3.8, 4) is 29.2 Å². The number of benzene rings is 2. The van der Waals surface area contributed by atoms with E-state index < -0.39 is 0 Å². The maximum absolute atomic E-state index is 5.45. The molecule has 0 aliphatic carbocycles. The van der Waals surface area contributed by atoms with Crippen molar-refractivity contribution >= 4 is 0 Å². The Balaban J connectivity index is 2.57. The lowest BCUT2D eigenvalue weighted by Gasteiger charge is -2.10. The van der Waals surface area contributed by atoms with Crippen LogP contribution in [0.25, 0.3) is 11.1 Å². The molecule has 0 saturated heterocycles.